The van der Waals surface area contributed by atoms with E-state index >= 15 is 0 Å². The lowest BCUT2D eigenvalue weighted by Crippen LogP contribution is -2.30. The molecule has 0 heterocycles. The van der Waals surface area contributed by atoms with Crippen LogP contribution in [0.15, 0.2) is 52.5 Å². The molecule has 0 bridgehead atoms. The fraction of sp³-hybridized carbons (Fsp3) is 0.364. The molecule has 2 aromatic carbocycles. The summed E-state index contributed by atoms with van der Waals surface area (Å²) in [6.45, 7) is 5.54. The van der Waals surface area contributed by atoms with Crippen molar-refractivity contribution in [2.75, 3.05) is 39.2 Å². The van der Waals surface area contributed by atoms with Crippen molar-refractivity contribution in [2.45, 2.75) is 25.7 Å². The summed E-state index contributed by atoms with van der Waals surface area (Å²) >= 11 is 0. The number of hydrogen-bond acceptors (Lipinski definition) is 8. The molecule has 1 N–H and O–H groups in total. The van der Waals surface area contributed by atoms with E-state index in [0.29, 0.717) is 11.5 Å². The molecule has 0 aliphatic heterocycles. The van der Waals surface area contributed by atoms with Crippen LogP contribution in [0.3, 0.4) is 0 Å². The second-order valence-electron chi connectivity index (χ2n) is 7.44. The van der Waals surface area contributed by atoms with Crippen molar-refractivity contribution in [1.29, 1.82) is 0 Å². The molecule has 0 spiro atoms. The molecule has 0 radical (unpaired) electrons. The van der Waals surface area contributed by atoms with E-state index in [0.717, 1.165) is 11.6 Å². The van der Waals surface area contributed by atoms with Crippen LogP contribution in [0.5, 0.6) is 5.75 Å². The number of rotatable bonds is 11. The van der Waals surface area contributed by atoms with Crippen LogP contribution >= 0.6 is 0 Å². The fourth-order valence-electron chi connectivity index (χ4n) is 2.91. The molecular formula is C22H29N5O6S. The zero-order valence-electron chi connectivity index (χ0n) is 19.8. The number of carbonyl (C=O) groups excluding carboxylic acids is 1. The predicted molar refractivity (Wildman–Crippen MR) is 130 cm³/mol. The number of benzene rings is 2. The molecule has 0 aliphatic rings. The van der Waals surface area contributed by atoms with Gasteiger partial charge in [-0.2, -0.15) is 9.41 Å². The molecule has 0 atom stereocenters. The van der Waals surface area contributed by atoms with Gasteiger partial charge in [-0.1, -0.05) is 13.8 Å². The van der Waals surface area contributed by atoms with Crippen LogP contribution in [0.25, 0.3) is 0 Å². The van der Waals surface area contributed by atoms with E-state index in [9.17, 15) is 23.3 Å². The van der Waals surface area contributed by atoms with Gasteiger partial charge in [-0.05, 0) is 48.9 Å². The first kappa shape index (κ1) is 26.7. The molecule has 0 aliphatic carbocycles. The summed E-state index contributed by atoms with van der Waals surface area (Å²) in [6.07, 6.45) is 0. The first-order chi connectivity index (χ1) is 16.0. The monoisotopic (exact) mass is 491 g/mol. The van der Waals surface area contributed by atoms with Crippen molar-refractivity contribution in [2.24, 2.45) is 5.10 Å². The van der Waals surface area contributed by atoms with Crippen molar-refractivity contribution in [3.8, 4) is 5.75 Å². The molecule has 0 saturated carbocycles. The van der Waals surface area contributed by atoms with Gasteiger partial charge in [-0.25, -0.2) is 8.42 Å². The van der Waals surface area contributed by atoms with Gasteiger partial charge in [0.15, 0.2) is 6.61 Å². The van der Waals surface area contributed by atoms with Gasteiger partial charge in [0.25, 0.3) is 11.6 Å². The summed E-state index contributed by atoms with van der Waals surface area (Å²) in [5.74, 6) is 0.351. The highest BCUT2D eigenvalue weighted by molar-refractivity contribution is 7.89. The lowest BCUT2D eigenvalue weighted by atomic mass is 10.1. The Kier molecular flexibility index (Phi) is 9.10. The molecule has 1 amide bonds. The van der Waals surface area contributed by atoms with Crippen LogP contribution in [-0.4, -0.2) is 68.0 Å². The fourth-order valence-corrected chi connectivity index (χ4v) is 4.38. The van der Waals surface area contributed by atoms with E-state index < -0.39 is 20.6 Å². The number of sulfonamides is 1. The minimum atomic E-state index is -3.84. The number of anilines is 1. The number of likely N-dealkylation sites (N-methyl/N-ethyl adjacent to an activating group) is 1. The number of nitro groups is 1. The topological polar surface area (TPSA) is 134 Å². The van der Waals surface area contributed by atoms with Gasteiger partial charge in [-0.3, -0.25) is 20.3 Å². The summed E-state index contributed by atoms with van der Waals surface area (Å²) in [7, 11) is -0.553. The number of hydrazone groups is 1. The van der Waals surface area contributed by atoms with E-state index in [2.05, 4.69) is 10.5 Å². The van der Waals surface area contributed by atoms with Crippen LogP contribution in [0.2, 0.25) is 0 Å². The maximum atomic E-state index is 12.7. The van der Waals surface area contributed by atoms with E-state index in [1.807, 2.05) is 0 Å². The summed E-state index contributed by atoms with van der Waals surface area (Å²) in [6, 6.07) is 10.5. The third kappa shape index (κ3) is 6.51. The SMILES string of the molecule is CCN(CC)S(=O)(=O)c1ccc(N/N=C(\C)c2ccc(OCC(=O)N(C)C)cc2)c([N+](=O)[O-])c1. The van der Waals surface area contributed by atoms with Crippen molar-refractivity contribution in [3.63, 3.8) is 0 Å². The average molecular weight is 492 g/mol. The minimum absolute atomic E-state index is 0.0602. The average Bonchev–Trinajstić information content (AvgIpc) is 2.81. The van der Waals surface area contributed by atoms with Crippen molar-refractivity contribution >= 4 is 33.0 Å². The summed E-state index contributed by atoms with van der Waals surface area (Å²) in [5.41, 5.74) is 3.57. The Labute approximate surface area is 199 Å². The Morgan fingerprint density at radius 2 is 1.74 bits per heavy atom. The Hall–Kier alpha value is -3.51. The number of hydrogen-bond donors (Lipinski definition) is 1. The molecule has 0 saturated heterocycles. The number of carbonyl (C=O) groups is 1. The van der Waals surface area contributed by atoms with Crippen molar-refractivity contribution in [1.82, 2.24) is 9.21 Å². The highest BCUT2D eigenvalue weighted by Crippen LogP contribution is 2.29. The maximum Gasteiger partial charge on any atom is 0.295 e. The standard InChI is InChI=1S/C22H29N5O6S/c1-6-26(7-2)34(31,32)19-12-13-20(21(14-19)27(29)30)24-23-16(3)17-8-10-18(11-9-17)33-15-22(28)25(4)5/h8-14,24H,6-7,15H2,1-5H3/b23-16+. The molecule has 2 aromatic rings. The van der Waals surface area contributed by atoms with E-state index in [1.54, 1.807) is 59.1 Å². The van der Waals surface area contributed by atoms with Crippen LogP contribution in [0.4, 0.5) is 11.4 Å². The van der Waals surface area contributed by atoms with E-state index in [-0.39, 0.29) is 36.2 Å². The number of ether oxygens (including phenoxy) is 1. The van der Waals surface area contributed by atoms with Gasteiger partial charge in [0.1, 0.15) is 11.4 Å². The number of amides is 1. The lowest BCUT2D eigenvalue weighted by molar-refractivity contribution is -0.384. The molecule has 0 fully saturated rings. The minimum Gasteiger partial charge on any atom is -0.484 e. The zero-order chi connectivity index (χ0) is 25.5. The first-order valence-corrected chi connectivity index (χ1v) is 12.0. The van der Waals surface area contributed by atoms with Crippen molar-refractivity contribution in [3.05, 3.63) is 58.1 Å². The molecular weight excluding hydrogens is 462 g/mol. The highest BCUT2D eigenvalue weighted by Gasteiger charge is 2.25. The van der Waals surface area contributed by atoms with E-state index in [4.69, 9.17) is 4.74 Å². The summed E-state index contributed by atoms with van der Waals surface area (Å²) < 4.78 is 32.1. The zero-order valence-corrected chi connectivity index (χ0v) is 20.6. The predicted octanol–water partition coefficient (Wildman–Crippen LogP) is 2.93. The van der Waals surface area contributed by atoms with Crippen LogP contribution in [0.1, 0.15) is 26.3 Å². The Morgan fingerprint density at radius 1 is 1.12 bits per heavy atom. The Balaban J connectivity index is 2.20. The number of nitrogens with zero attached hydrogens (tertiary/aromatic N) is 4. The molecule has 0 aromatic heterocycles. The molecule has 184 valence electrons. The van der Waals surface area contributed by atoms with E-state index in [1.165, 1.54) is 21.3 Å². The first-order valence-electron chi connectivity index (χ1n) is 10.5. The van der Waals surface area contributed by atoms with Crippen LogP contribution < -0.4 is 10.2 Å². The molecule has 2 rings (SSSR count). The van der Waals surface area contributed by atoms with Gasteiger partial charge in [0, 0.05) is 33.3 Å². The van der Waals surface area contributed by atoms with Crippen LogP contribution in [0, 0.1) is 10.1 Å². The van der Waals surface area contributed by atoms with Gasteiger partial charge >= 0.3 is 0 Å². The normalized spacial score (nSPS) is 11.9. The number of nitro benzene ring substituents is 1. The molecule has 34 heavy (non-hydrogen) atoms. The second kappa shape index (κ2) is 11.6. The highest BCUT2D eigenvalue weighted by atomic mass is 32.2. The van der Waals surface area contributed by atoms with Gasteiger partial charge in [-0.15, -0.1) is 0 Å². The largest absolute Gasteiger partial charge is 0.484 e. The summed E-state index contributed by atoms with van der Waals surface area (Å²) in [5, 5.41) is 15.8. The quantitative estimate of drug-likeness (QED) is 0.290. The Bertz CT molecular complexity index is 1160. The number of nitrogens with one attached hydrogen (secondary N) is 1. The smallest absolute Gasteiger partial charge is 0.295 e. The second-order valence-corrected chi connectivity index (χ2v) is 9.37. The molecule has 12 heteroatoms. The Morgan fingerprint density at radius 3 is 2.26 bits per heavy atom. The summed E-state index contributed by atoms with van der Waals surface area (Å²) in [4.78, 5) is 23.8. The maximum absolute atomic E-state index is 12.7. The van der Waals surface area contributed by atoms with Crippen molar-refractivity contribution < 1.29 is 22.9 Å². The van der Waals surface area contributed by atoms with Gasteiger partial charge in [0.05, 0.1) is 15.5 Å². The van der Waals surface area contributed by atoms with Gasteiger partial charge in [0.2, 0.25) is 10.0 Å². The third-order valence-corrected chi connectivity index (χ3v) is 7.03. The molecule has 11 nitrogen and oxygen atoms in total. The van der Waals surface area contributed by atoms with Crippen LogP contribution in [-0.2, 0) is 14.8 Å². The lowest BCUT2D eigenvalue weighted by Gasteiger charge is -2.18. The third-order valence-electron chi connectivity index (χ3n) is 4.99. The van der Waals surface area contributed by atoms with Gasteiger partial charge < -0.3 is 9.64 Å². The molecule has 0 unspecified atom stereocenters.